The van der Waals surface area contributed by atoms with Crippen molar-refractivity contribution in [2.24, 2.45) is 0 Å². The maximum atomic E-state index is 12.8. The average molecular weight is 863 g/mol. The van der Waals surface area contributed by atoms with Crippen LogP contribution in [-0.4, -0.2) is 37.2 Å². The number of carbonyl (C=O) groups is 3. The third-order valence-corrected chi connectivity index (χ3v) is 12.6. The molecule has 0 aromatic carbocycles. The second-order valence-electron chi connectivity index (χ2n) is 18.9. The van der Waals surface area contributed by atoms with Gasteiger partial charge in [0.05, 0.1) is 0 Å². The summed E-state index contributed by atoms with van der Waals surface area (Å²) in [7, 11) is 0. The summed E-state index contributed by atoms with van der Waals surface area (Å²) in [6.45, 7) is 6.64. The van der Waals surface area contributed by atoms with Crippen LogP contribution in [-0.2, 0) is 28.6 Å². The molecular formula is C55H106O6. The summed E-state index contributed by atoms with van der Waals surface area (Å²) in [5.74, 6) is -0.849. The molecule has 0 saturated carbocycles. The van der Waals surface area contributed by atoms with Gasteiger partial charge in [0.2, 0.25) is 0 Å². The molecule has 0 aromatic rings. The fourth-order valence-electron chi connectivity index (χ4n) is 8.45. The number of ether oxygens (including phenoxy) is 3. The van der Waals surface area contributed by atoms with E-state index in [0.717, 1.165) is 57.8 Å². The second kappa shape index (κ2) is 51.0. The van der Waals surface area contributed by atoms with Gasteiger partial charge in [0.1, 0.15) is 13.2 Å². The summed E-state index contributed by atoms with van der Waals surface area (Å²) in [5.41, 5.74) is 0. The highest BCUT2D eigenvalue weighted by Crippen LogP contribution is 2.17. The van der Waals surface area contributed by atoms with Gasteiger partial charge in [-0.3, -0.25) is 14.4 Å². The van der Waals surface area contributed by atoms with Crippen molar-refractivity contribution in [2.45, 2.75) is 322 Å². The third-order valence-electron chi connectivity index (χ3n) is 12.6. The van der Waals surface area contributed by atoms with Crippen molar-refractivity contribution in [3.63, 3.8) is 0 Å². The summed E-state index contributed by atoms with van der Waals surface area (Å²) in [5, 5.41) is 0. The fraction of sp³-hybridized carbons (Fsp3) is 0.945. The van der Waals surface area contributed by atoms with E-state index >= 15 is 0 Å². The molecular weight excluding hydrogens is 757 g/mol. The largest absolute Gasteiger partial charge is 0.462 e. The molecule has 6 heteroatoms. The highest BCUT2D eigenvalue weighted by Gasteiger charge is 2.19. The van der Waals surface area contributed by atoms with Gasteiger partial charge in [0.15, 0.2) is 6.10 Å². The Labute approximate surface area is 380 Å². The van der Waals surface area contributed by atoms with Gasteiger partial charge in [-0.2, -0.15) is 0 Å². The predicted octanol–water partition coefficient (Wildman–Crippen LogP) is 18.0. The standard InChI is InChI=1S/C55H106O6/c1-4-7-10-13-16-18-20-22-24-26-27-28-30-31-33-35-37-39-42-45-48-54(57)60-51-52(50-59-53(56)47-44-41-15-12-9-6-3)61-55(58)49-46-43-40-38-36-34-32-29-25-23-21-19-17-14-11-8-5-2/h52H,4-51H2,1-3H3. The van der Waals surface area contributed by atoms with Crippen molar-refractivity contribution in [1.29, 1.82) is 0 Å². The van der Waals surface area contributed by atoms with Crippen LogP contribution in [0.2, 0.25) is 0 Å². The molecule has 0 amide bonds. The Morgan fingerprint density at radius 3 is 0.656 bits per heavy atom. The van der Waals surface area contributed by atoms with Crippen LogP contribution in [0.5, 0.6) is 0 Å². The number of hydrogen-bond donors (Lipinski definition) is 0. The second-order valence-corrected chi connectivity index (χ2v) is 18.9. The van der Waals surface area contributed by atoms with E-state index in [9.17, 15) is 14.4 Å². The molecule has 0 aliphatic heterocycles. The van der Waals surface area contributed by atoms with Gasteiger partial charge in [-0.25, -0.2) is 0 Å². The molecule has 362 valence electrons. The smallest absolute Gasteiger partial charge is 0.306 e. The Bertz CT molecular complexity index is 905. The lowest BCUT2D eigenvalue weighted by Crippen LogP contribution is -2.30. The molecule has 0 aliphatic carbocycles. The molecule has 0 aromatic heterocycles. The van der Waals surface area contributed by atoms with E-state index in [2.05, 4.69) is 20.8 Å². The number of hydrogen-bond acceptors (Lipinski definition) is 6. The lowest BCUT2D eigenvalue weighted by molar-refractivity contribution is -0.167. The van der Waals surface area contributed by atoms with Crippen molar-refractivity contribution in [3.05, 3.63) is 0 Å². The average Bonchev–Trinajstić information content (AvgIpc) is 3.26. The van der Waals surface area contributed by atoms with Gasteiger partial charge in [-0.1, -0.05) is 278 Å². The van der Waals surface area contributed by atoms with Crippen molar-refractivity contribution < 1.29 is 28.6 Å². The van der Waals surface area contributed by atoms with Gasteiger partial charge >= 0.3 is 17.9 Å². The SMILES string of the molecule is CCCCCCCCCCCCCCCCCCCCCCC(=O)OCC(COC(=O)CCCCCCCC)OC(=O)CCCCCCCCCCCCCCCCCCC. The summed E-state index contributed by atoms with van der Waals surface area (Å²) >= 11 is 0. The van der Waals surface area contributed by atoms with Gasteiger partial charge < -0.3 is 14.2 Å². The zero-order chi connectivity index (χ0) is 44.4. The van der Waals surface area contributed by atoms with Crippen LogP contribution in [0.1, 0.15) is 316 Å². The lowest BCUT2D eigenvalue weighted by Gasteiger charge is -2.18. The Morgan fingerprint density at radius 1 is 0.262 bits per heavy atom. The number of unbranched alkanes of at least 4 members (excludes halogenated alkanes) is 40. The van der Waals surface area contributed by atoms with E-state index in [1.807, 2.05) is 0 Å². The minimum absolute atomic E-state index is 0.0624. The van der Waals surface area contributed by atoms with E-state index in [4.69, 9.17) is 14.2 Å². The monoisotopic (exact) mass is 863 g/mol. The Kier molecular flexibility index (Phi) is 49.7. The lowest BCUT2D eigenvalue weighted by atomic mass is 10.0. The van der Waals surface area contributed by atoms with Crippen LogP contribution in [0.3, 0.4) is 0 Å². The zero-order valence-corrected chi connectivity index (χ0v) is 41.5. The molecule has 0 spiro atoms. The zero-order valence-electron chi connectivity index (χ0n) is 41.5. The first-order valence-electron chi connectivity index (χ1n) is 27.5. The first-order valence-corrected chi connectivity index (χ1v) is 27.5. The van der Waals surface area contributed by atoms with Crippen molar-refractivity contribution >= 4 is 17.9 Å². The molecule has 0 fully saturated rings. The van der Waals surface area contributed by atoms with Crippen molar-refractivity contribution in [3.8, 4) is 0 Å². The van der Waals surface area contributed by atoms with Crippen LogP contribution in [0.4, 0.5) is 0 Å². The van der Waals surface area contributed by atoms with Gasteiger partial charge in [0.25, 0.3) is 0 Å². The molecule has 0 N–H and O–H groups in total. The summed E-state index contributed by atoms with van der Waals surface area (Å²) in [6, 6.07) is 0. The summed E-state index contributed by atoms with van der Waals surface area (Å²) in [6.07, 6.45) is 55.5. The molecule has 61 heavy (non-hydrogen) atoms. The quantitative estimate of drug-likeness (QED) is 0.0344. The van der Waals surface area contributed by atoms with Gasteiger partial charge in [-0.05, 0) is 19.3 Å². The van der Waals surface area contributed by atoms with Crippen LogP contribution < -0.4 is 0 Å². The maximum Gasteiger partial charge on any atom is 0.306 e. The molecule has 1 unspecified atom stereocenters. The van der Waals surface area contributed by atoms with Gasteiger partial charge in [-0.15, -0.1) is 0 Å². The van der Waals surface area contributed by atoms with E-state index < -0.39 is 6.10 Å². The topological polar surface area (TPSA) is 78.9 Å². The van der Waals surface area contributed by atoms with E-state index in [1.165, 1.54) is 218 Å². The third kappa shape index (κ3) is 49.3. The minimum atomic E-state index is -0.759. The Hall–Kier alpha value is -1.59. The molecule has 0 radical (unpaired) electrons. The maximum absolute atomic E-state index is 12.8. The van der Waals surface area contributed by atoms with Crippen LogP contribution >= 0.6 is 0 Å². The van der Waals surface area contributed by atoms with Crippen molar-refractivity contribution in [2.75, 3.05) is 13.2 Å². The molecule has 6 nitrogen and oxygen atoms in total. The first kappa shape index (κ1) is 59.4. The fourth-order valence-corrected chi connectivity index (χ4v) is 8.45. The molecule has 0 aliphatic rings. The summed E-state index contributed by atoms with van der Waals surface area (Å²) < 4.78 is 16.8. The molecule has 0 bridgehead atoms. The highest BCUT2D eigenvalue weighted by molar-refractivity contribution is 5.71. The van der Waals surface area contributed by atoms with E-state index in [-0.39, 0.29) is 31.1 Å². The van der Waals surface area contributed by atoms with Crippen LogP contribution in [0.25, 0.3) is 0 Å². The van der Waals surface area contributed by atoms with Crippen LogP contribution in [0.15, 0.2) is 0 Å². The predicted molar refractivity (Wildman–Crippen MR) is 261 cm³/mol. The normalized spacial score (nSPS) is 11.9. The minimum Gasteiger partial charge on any atom is -0.462 e. The highest BCUT2D eigenvalue weighted by atomic mass is 16.6. The van der Waals surface area contributed by atoms with E-state index in [1.54, 1.807) is 0 Å². The Balaban J connectivity index is 4.10. The van der Waals surface area contributed by atoms with Crippen LogP contribution in [0, 0.1) is 0 Å². The van der Waals surface area contributed by atoms with Crippen molar-refractivity contribution in [1.82, 2.24) is 0 Å². The number of esters is 3. The molecule has 0 rings (SSSR count). The summed E-state index contributed by atoms with van der Waals surface area (Å²) in [4.78, 5) is 37.8. The number of carbonyl (C=O) groups excluding carboxylic acids is 3. The molecule has 0 heterocycles. The molecule has 1 atom stereocenters. The Morgan fingerprint density at radius 2 is 0.443 bits per heavy atom. The van der Waals surface area contributed by atoms with Gasteiger partial charge in [0, 0.05) is 19.3 Å². The first-order chi connectivity index (χ1) is 30.0. The van der Waals surface area contributed by atoms with E-state index in [0.29, 0.717) is 19.3 Å². The number of rotatable bonds is 51. The molecule has 0 saturated heterocycles.